The van der Waals surface area contributed by atoms with Gasteiger partial charge in [0.1, 0.15) is 0 Å². The largest absolute Gasteiger partial charge is 0.326 e. The highest BCUT2D eigenvalue weighted by Crippen LogP contribution is 2.10. The Labute approximate surface area is 90.9 Å². The zero-order valence-electron chi connectivity index (χ0n) is 9.34. The monoisotopic (exact) mass is 206 g/mol. The molecular formula is C12H18N2O. The third-order valence-electron chi connectivity index (χ3n) is 2.17. The fraction of sp³-hybridized carbons (Fsp3) is 0.417. The summed E-state index contributed by atoms with van der Waals surface area (Å²) in [6.07, 6.45) is 2.21. The first-order valence-corrected chi connectivity index (χ1v) is 5.23. The highest BCUT2D eigenvalue weighted by Gasteiger charge is 1.96. The van der Waals surface area contributed by atoms with Crippen molar-refractivity contribution in [2.75, 3.05) is 18.9 Å². The molecular weight excluding hydrogens is 188 g/mol. The Balaban J connectivity index is 2.45. The Morgan fingerprint density at radius 1 is 1.27 bits per heavy atom. The molecule has 0 saturated heterocycles. The number of hydrogen-bond acceptors (Lipinski definition) is 2. The molecule has 0 aliphatic rings. The summed E-state index contributed by atoms with van der Waals surface area (Å²) in [5, 5.41) is 5.87. The van der Waals surface area contributed by atoms with Crippen LogP contribution in [0.1, 0.15) is 18.9 Å². The van der Waals surface area contributed by atoms with Crippen molar-refractivity contribution >= 4 is 11.6 Å². The van der Waals surface area contributed by atoms with Crippen molar-refractivity contribution in [1.82, 2.24) is 5.32 Å². The highest BCUT2D eigenvalue weighted by molar-refractivity contribution is 5.88. The molecule has 0 unspecified atom stereocenters. The van der Waals surface area contributed by atoms with Crippen molar-refractivity contribution in [2.45, 2.75) is 19.8 Å². The lowest BCUT2D eigenvalue weighted by molar-refractivity contribution is -0.114. The lowest BCUT2D eigenvalue weighted by Crippen LogP contribution is -2.08. The summed E-state index contributed by atoms with van der Waals surface area (Å²) in [5.41, 5.74) is 2.17. The molecule has 0 saturated carbocycles. The zero-order chi connectivity index (χ0) is 11.1. The Bertz CT molecular complexity index is 306. The molecule has 1 amide bonds. The van der Waals surface area contributed by atoms with E-state index in [4.69, 9.17) is 0 Å². The van der Waals surface area contributed by atoms with E-state index in [1.165, 1.54) is 12.5 Å². The standard InChI is InChI=1S/C12H18N2O/c1-10(15)14-12-7-5-11(6-8-12)4-3-9-13-2/h5-8,13H,3-4,9H2,1-2H3,(H,14,15). The van der Waals surface area contributed by atoms with Crippen molar-refractivity contribution in [2.24, 2.45) is 0 Å². The van der Waals surface area contributed by atoms with Gasteiger partial charge in [-0.05, 0) is 44.1 Å². The lowest BCUT2D eigenvalue weighted by Gasteiger charge is -2.04. The summed E-state index contributed by atoms with van der Waals surface area (Å²) < 4.78 is 0. The van der Waals surface area contributed by atoms with Crippen LogP contribution in [0.15, 0.2) is 24.3 Å². The molecule has 3 nitrogen and oxygen atoms in total. The number of nitrogens with one attached hydrogen (secondary N) is 2. The van der Waals surface area contributed by atoms with E-state index in [0.717, 1.165) is 25.1 Å². The molecule has 1 rings (SSSR count). The van der Waals surface area contributed by atoms with Gasteiger partial charge < -0.3 is 10.6 Å². The molecule has 0 aliphatic carbocycles. The topological polar surface area (TPSA) is 41.1 Å². The average molecular weight is 206 g/mol. The van der Waals surface area contributed by atoms with Crippen LogP contribution in [0.2, 0.25) is 0 Å². The fourth-order valence-electron chi connectivity index (χ4n) is 1.43. The number of carbonyl (C=O) groups excluding carboxylic acids is 1. The van der Waals surface area contributed by atoms with Crippen LogP contribution in [-0.2, 0) is 11.2 Å². The Morgan fingerprint density at radius 2 is 1.93 bits per heavy atom. The number of hydrogen-bond donors (Lipinski definition) is 2. The van der Waals surface area contributed by atoms with Crippen LogP contribution in [-0.4, -0.2) is 19.5 Å². The van der Waals surface area contributed by atoms with Crippen LogP contribution in [0.3, 0.4) is 0 Å². The average Bonchev–Trinajstić information content (AvgIpc) is 2.20. The predicted molar refractivity (Wildman–Crippen MR) is 63.0 cm³/mol. The second-order valence-corrected chi connectivity index (χ2v) is 3.59. The summed E-state index contributed by atoms with van der Waals surface area (Å²) in [4.78, 5) is 10.8. The number of amides is 1. The third-order valence-corrected chi connectivity index (χ3v) is 2.17. The molecule has 3 heteroatoms. The van der Waals surface area contributed by atoms with Gasteiger partial charge >= 0.3 is 0 Å². The fourth-order valence-corrected chi connectivity index (χ4v) is 1.43. The molecule has 0 aliphatic heterocycles. The normalized spacial score (nSPS) is 10.0. The molecule has 0 spiro atoms. The van der Waals surface area contributed by atoms with Crippen molar-refractivity contribution in [3.63, 3.8) is 0 Å². The van der Waals surface area contributed by atoms with Crippen LogP contribution in [0, 0.1) is 0 Å². The number of aryl methyl sites for hydroxylation is 1. The minimum atomic E-state index is -0.0297. The molecule has 82 valence electrons. The second kappa shape index (κ2) is 6.19. The molecule has 1 aromatic rings. The van der Waals surface area contributed by atoms with Crippen molar-refractivity contribution < 1.29 is 4.79 Å². The molecule has 0 radical (unpaired) electrons. The van der Waals surface area contributed by atoms with Crippen LogP contribution in [0.5, 0.6) is 0 Å². The second-order valence-electron chi connectivity index (χ2n) is 3.59. The van der Waals surface area contributed by atoms with Crippen LogP contribution in [0.25, 0.3) is 0 Å². The van der Waals surface area contributed by atoms with Gasteiger partial charge in [-0.2, -0.15) is 0 Å². The first-order valence-electron chi connectivity index (χ1n) is 5.23. The molecule has 0 bridgehead atoms. The Kier molecular flexibility index (Phi) is 4.84. The van der Waals surface area contributed by atoms with Gasteiger partial charge in [0.05, 0.1) is 0 Å². The lowest BCUT2D eigenvalue weighted by atomic mass is 10.1. The van der Waals surface area contributed by atoms with E-state index < -0.39 is 0 Å². The van der Waals surface area contributed by atoms with Gasteiger partial charge in [-0.25, -0.2) is 0 Å². The van der Waals surface area contributed by atoms with Gasteiger partial charge in [-0.3, -0.25) is 4.79 Å². The van der Waals surface area contributed by atoms with E-state index in [2.05, 4.69) is 22.8 Å². The number of anilines is 1. The van der Waals surface area contributed by atoms with E-state index in [1.54, 1.807) is 0 Å². The Morgan fingerprint density at radius 3 is 2.47 bits per heavy atom. The summed E-state index contributed by atoms with van der Waals surface area (Å²) in [5.74, 6) is -0.0297. The van der Waals surface area contributed by atoms with E-state index in [-0.39, 0.29) is 5.91 Å². The smallest absolute Gasteiger partial charge is 0.221 e. The van der Waals surface area contributed by atoms with Crippen LogP contribution < -0.4 is 10.6 Å². The number of rotatable bonds is 5. The van der Waals surface area contributed by atoms with Gasteiger partial charge in [0.15, 0.2) is 0 Å². The maximum absolute atomic E-state index is 10.8. The quantitative estimate of drug-likeness (QED) is 0.721. The Hall–Kier alpha value is -1.35. The van der Waals surface area contributed by atoms with E-state index in [1.807, 2.05) is 19.2 Å². The van der Waals surface area contributed by atoms with E-state index in [0.29, 0.717) is 0 Å². The minimum absolute atomic E-state index is 0.0297. The molecule has 0 atom stereocenters. The molecule has 1 aromatic carbocycles. The van der Waals surface area contributed by atoms with Gasteiger partial charge in [0.25, 0.3) is 0 Å². The third kappa shape index (κ3) is 4.61. The zero-order valence-corrected chi connectivity index (χ0v) is 9.34. The predicted octanol–water partition coefficient (Wildman–Crippen LogP) is 1.80. The van der Waals surface area contributed by atoms with Gasteiger partial charge in [0.2, 0.25) is 5.91 Å². The number of benzene rings is 1. The summed E-state index contributed by atoms with van der Waals surface area (Å²) in [6.45, 7) is 2.55. The van der Waals surface area contributed by atoms with E-state index >= 15 is 0 Å². The van der Waals surface area contributed by atoms with Crippen LogP contribution >= 0.6 is 0 Å². The maximum atomic E-state index is 10.8. The number of carbonyl (C=O) groups is 1. The first kappa shape index (κ1) is 11.7. The summed E-state index contributed by atoms with van der Waals surface area (Å²) in [7, 11) is 1.96. The van der Waals surface area contributed by atoms with Crippen molar-refractivity contribution in [1.29, 1.82) is 0 Å². The van der Waals surface area contributed by atoms with E-state index in [9.17, 15) is 4.79 Å². The molecule has 0 heterocycles. The first-order chi connectivity index (χ1) is 7.22. The molecule has 15 heavy (non-hydrogen) atoms. The van der Waals surface area contributed by atoms with Crippen molar-refractivity contribution in [3.05, 3.63) is 29.8 Å². The molecule has 0 fully saturated rings. The summed E-state index contributed by atoms with van der Waals surface area (Å²) >= 11 is 0. The van der Waals surface area contributed by atoms with Gasteiger partial charge in [-0.15, -0.1) is 0 Å². The maximum Gasteiger partial charge on any atom is 0.221 e. The SMILES string of the molecule is CNCCCc1ccc(NC(C)=O)cc1. The van der Waals surface area contributed by atoms with Crippen molar-refractivity contribution in [3.8, 4) is 0 Å². The minimum Gasteiger partial charge on any atom is -0.326 e. The summed E-state index contributed by atoms with van der Waals surface area (Å²) in [6, 6.07) is 7.99. The van der Waals surface area contributed by atoms with Gasteiger partial charge in [-0.1, -0.05) is 12.1 Å². The highest BCUT2D eigenvalue weighted by atomic mass is 16.1. The van der Waals surface area contributed by atoms with Crippen LogP contribution in [0.4, 0.5) is 5.69 Å². The molecule has 0 aromatic heterocycles. The molecule has 2 N–H and O–H groups in total. The van der Waals surface area contributed by atoms with Gasteiger partial charge in [0, 0.05) is 12.6 Å².